The summed E-state index contributed by atoms with van der Waals surface area (Å²) in [6, 6.07) is -1.14. The standard InChI is InChI=1S/C25H30F3NO4/c1-14-9-17-16(6-7-21(31)18(17)12-30)24(29(14)13-25(2,3)28)23-19(26)10-15(11-20(23)27)5-8-22(32)33-4/h5-8,10-12,14,17-19,23-24,31H,9,13H2,1-4H3/b8-5+. The van der Waals surface area contributed by atoms with Gasteiger partial charge in [-0.05, 0) is 68.6 Å². The lowest BCUT2D eigenvalue weighted by Crippen LogP contribution is -2.58. The molecule has 0 bridgehead atoms. The van der Waals surface area contributed by atoms with Gasteiger partial charge in [-0.3, -0.25) is 4.90 Å². The van der Waals surface area contributed by atoms with Gasteiger partial charge in [0.1, 0.15) is 29.7 Å². The topological polar surface area (TPSA) is 66.8 Å². The number of hydrogen-bond donors (Lipinski definition) is 1. The van der Waals surface area contributed by atoms with Crippen LogP contribution in [0.5, 0.6) is 0 Å². The van der Waals surface area contributed by atoms with E-state index >= 15 is 8.78 Å². The van der Waals surface area contributed by atoms with Crippen molar-refractivity contribution >= 4 is 12.3 Å². The highest BCUT2D eigenvalue weighted by molar-refractivity contribution is 5.82. The number of ether oxygens (including phenoxy) is 1. The summed E-state index contributed by atoms with van der Waals surface area (Å²) < 4.78 is 50.2. The maximum Gasteiger partial charge on any atom is 0.330 e. The third-order valence-corrected chi connectivity index (χ3v) is 6.49. The van der Waals surface area contributed by atoms with Crippen LogP contribution in [0.4, 0.5) is 13.2 Å². The number of aldehydes is 1. The SMILES string of the molecule is COC(=O)/C=C/C1=CC(F)C(C2C3=CC=C(O)C(C=O)C3CC(C)N2CC(C)(C)F)C(F)=C1. The highest BCUT2D eigenvalue weighted by Gasteiger charge is 2.50. The quantitative estimate of drug-likeness (QED) is 0.356. The minimum Gasteiger partial charge on any atom is -0.512 e. The third-order valence-electron chi connectivity index (χ3n) is 6.49. The summed E-state index contributed by atoms with van der Waals surface area (Å²) in [5.74, 6) is -3.98. The number of carbonyl (C=O) groups is 2. The second-order valence-electron chi connectivity index (χ2n) is 9.47. The molecule has 3 aliphatic rings. The fraction of sp³-hybridized carbons (Fsp3) is 0.520. The van der Waals surface area contributed by atoms with Crippen molar-refractivity contribution in [1.82, 2.24) is 4.90 Å². The fourth-order valence-corrected chi connectivity index (χ4v) is 5.07. The minimum atomic E-state index is -1.76. The number of nitrogens with zero attached hydrogens (tertiary/aromatic N) is 1. The Morgan fingerprint density at radius 2 is 2.06 bits per heavy atom. The average Bonchev–Trinajstić information content (AvgIpc) is 2.72. The molecule has 6 atom stereocenters. The highest BCUT2D eigenvalue weighted by Crippen LogP contribution is 2.47. The van der Waals surface area contributed by atoms with Gasteiger partial charge < -0.3 is 14.6 Å². The molecule has 0 aromatic rings. The lowest BCUT2D eigenvalue weighted by Gasteiger charge is -2.52. The zero-order chi connectivity index (χ0) is 24.5. The Morgan fingerprint density at radius 3 is 2.64 bits per heavy atom. The van der Waals surface area contributed by atoms with E-state index in [-0.39, 0.29) is 23.9 Å². The van der Waals surface area contributed by atoms with Gasteiger partial charge in [0.25, 0.3) is 0 Å². The molecule has 1 saturated heterocycles. The Morgan fingerprint density at radius 1 is 1.36 bits per heavy atom. The normalized spacial score (nSPS) is 32.9. The van der Waals surface area contributed by atoms with E-state index < -0.39 is 47.4 Å². The molecular weight excluding hydrogens is 435 g/mol. The summed E-state index contributed by atoms with van der Waals surface area (Å²) >= 11 is 0. The molecule has 1 N–H and O–H groups in total. The summed E-state index contributed by atoms with van der Waals surface area (Å²) in [6.07, 6.45) is 7.03. The predicted octanol–water partition coefficient (Wildman–Crippen LogP) is 4.49. The molecule has 3 rings (SSSR count). The number of fused-ring (bicyclic) bond motifs is 1. The summed E-state index contributed by atoms with van der Waals surface area (Å²) in [5.41, 5.74) is -0.840. The van der Waals surface area contributed by atoms with E-state index in [1.54, 1.807) is 11.0 Å². The molecule has 1 fully saturated rings. The number of alkyl halides is 2. The van der Waals surface area contributed by atoms with Crippen LogP contribution in [-0.4, -0.2) is 59.8 Å². The Hall–Kier alpha value is -2.61. The van der Waals surface area contributed by atoms with Crippen LogP contribution >= 0.6 is 0 Å². The Bertz CT molecular complexity index is 944. The van der Waals surface area contributed by atoms with E-state index in [9.17, 15) is 19.1 Å². The monoisotopic (exact) mass is 465 g/mol. The minimum absolute atomic E-state index is 0.0559. The molecule has 0 spiro atoms. The second kappa shape index (κ2) is 9.71. The van der Waals surface area contributed by atoms with Crippen molar-refractivity contribution in [2.75, 3.05) is 13.7 Å². The molecule has 6 unspecified atom stereocenters. The number of piperidine rings is 1. The number of carbonyl (C=O) groups excluding carboxylic acids is 2. The van der Waals surface area contributed by atoms with Crippen LogP contribution < -0.4 is 0 Å². The summed E-state index contributed by atoms with van der Waals surface area (Å²) in [4.78, 5) is 24.8. The van der Waals surface area contributed by atoms with E-state index in [4.69, 9.17) is 0 Å². The van der Waals surface area contributed by atoms with Crippen molar-refractivity contribution in [3.05, 3.63) is 59.2 Å². The van der Waals surface area contributed by atoms with Gasteiger partial charge in [0.15, 0.2) is 0 Å². The van der Waals surface area contributed by atoms with Crippen LogP contribution in [0.15, 0.2) is 59.2 Å². The number of halogens is 3. The van der Waals surface area contributed by atoms with Gasteiger partial charge >= 0.3 is 5.97 Å². The van der Waals surface area contributed by atoms with E-state index in [0.29, 0.717) is 18.3 Å². The van der Waals surface area contributed by atoms with Gasteiger partial charge in [-0.25, -0.2) is 18.0 Å². The molecule has 33 heavy (non-hydrogen) atoms. The zero-order valence-electron chi connectivity index (χ0n) is 19.2. The van der Waals surface area contributed by atoms with Crippen LogP contribution in [0.2, 0.25) is 0 Å². The Balaban J connectivity index is 2.04. The third kappa shape index (κ3) is 5.32. The summed E-state index contributed by atoms with van der Waals surface area (Å²) in [7, 11) is 1.20. The molecule has 0 amide bonds. The molecule has 1 aliphatic heterocycles. The van der Waals surface area contributed by atoms with Crippen molar-refractivity contribution < 1.29 is 32.6 Å². The first-order chi connectivity index (χ1) is 15.5. The molecule has 0 radical (unpaired) electrons. The first-order valence-corrected chi connectivity index (χ1v) is 11.0. The number of rotatable bonds is 6. The number of aliphatic hydroxyl groups excluding tert-OH is 1. The predicted molar refractivity (Wildman–Crippen MR) is 118 cm³/mol. The zero-order valence-corrected chi connectivity index (χ0v) is 19.2. The van der Waals surface area contributed by atoms with E-state index in [0.717, 1.165) is 12.2 Å². The molecule has 5 nitrogen and oxygen atoms in total. The largest absolute Gasteiger partial charge is 0.512 e. The average molecular weight is 466 g/mol. The number of methoxy groups -OCH3 is 1. The van der Waals surface area contributed by atoms with Crippen molar-refractivity contribution in [2.45, 2.75) is 51.1 Å². The van der Waals surface area contributed by atoms with Crippen molar-refractivity contribution in [3.63, 3.8) is 0 Å². The van der Waals surface area contributed by atoms with E-state index in [2.05, 4.69) is 4.74 Å². The number of hydrogen-bond acceptors (Lipinski definition) is 5. The smallest absolute Gasteiger partial charge is 0.330 e. The number of allylic oxidation sites excluding steroid dienone is 7. The second-order valence-corrected chi connectivity index (χ2v) is 9.47. The number of likely N-dealkylation sites (tertiary alicyclic amines) is 1. The number of aliphatic hydroxyl groups is 1. The first kappa shape index (κ1) is 25.0. The molecular formula is C25H30F3NO4. The lowest BCUT2D eigenvalue weighted by molar-refractivity contribution is -0.134. The maximum atomic E-state index is 15.5. The highest BCUT2D eigenvalue weighted by atomic mass is 19.1. The Kier molecular flexibility index (Phi) is 7.36. The van der Waals surface area contributed by atoms with Crippen molar-refractivity contribution in [3.8, 4) is 0 Å². The molecule has 0 aromatic heterocycles. The lowest BCUT2D eigenvalue weighted by atomic mass is 9.67. The van der Waals surface area contributed by atoms with Crippen LogP contribution in [0.1, 0.15) is 27.2 Å². The van der Waals surface area contributed by atoms with Gasteiger partial charge in [0.05, 0.1) is 18.9 Å². The molecule has 2 aliphatic carbocycles. The van der Waals surface area contributed by atoms with Gasteiger partial charge in [-0.1, -0.05) is 6.08 Å². The molecule has 8 heteroatoms. The summed E-state index contributed by atoms with van der Waals surface area (Å²) in [6.45, 7) is 4.60. The van der Waals surface area contributed by atoms with Crippen LogP contribution in [-0.2, 0) is 14.3 Å². The fourth-order valence-electron chi connectivity index (χ4n) is 5.07. The molecule has 180 valence electrons. The van der Waals surface area contributed by atoms with Crippen LogP contribution in [0, 0.1) is 17.8 Å². The molecule has 0 aromatic carbocycles. The van der Waals surface area contributed by atoms with E-state index in [1.807, 2.05) is 6.92 Å². The van der Waals surface area contributed by atoms with Crippen LogP contribution in [0.3, 0.4) is 0 Å². The molecule has 0 saturated carbocycles. The number of esters is 1. The summed E-state index contributed by atoms with van der Waals surface area (Å²) in [5, 5.41) is 10.2. The van der Waals surface area contributed by atoms with Crippen molar-refractivity contribution in [2.24, 2.45) is 17.8 Å². The Labute approximate surface area is 192 Å². The van der Waals surface area contributed by atoms with Crippen LogP contribution in [0.25, 0.3) is 0 Å². The van der Waals surface area contributed by atoms with E-state index in [1.165, 1.54) is 39.2 Å². The van der Waals surface area contributed by atoms with Gasteiger partial charge in [-0.2, -0.15) is 0 Å². The molecule has 1 heterocycles. The van der Waals surface area contributed by atoms with Gasteiger partial charge in [0, 0.05) is 24.7 Å². The van der Waals surface area contributed by atoms with Gasteiger partial charge in [0.2, 0.25) is 0 Å². The van der Waals surface area contributed by atoms with Gasteiger partial charge in [-0.15, -0.1) is 0 Å². The first-order valence-electron chi connectivity index (χ1n) is 11.0. The van der Waals surface area contributed by atoms with Crippen molar-refractivity contribution in [1.29, 1.82) is 0 Å². The maximum absolute atomic E-state index is 15.5.